The Morgan fingerprint density at radius 3 is 2.57 bits per heavy atom. The van der Waals surface area contributed by atoms with Crippen LogP contribution in [0, 0.1) is 0 Å². The van der Waals surface area contributed by atoms with Crippen LogP contribution in [0.15, 0.2) is 41.3 Å². The third kappa shape index (κ3) is 1.51. The third-order valence-corrected chi connectivity index (χ3v) is 2.67. The lowest BCUT2D eigenvalue weighted by atomic mass is 10.1. The van der Waals surface area contributed by atoms with Gasteiger partial charge in [-0.05, 0) is 28.4 Å². The van der Waals surface area contributed by atoms with E-state index in [-0.39, 0.29) is 0 Å². The Morgan fingerprint density at radius 2 is 1.86 bits per heavy atom. The lowest BCUT2D eigenvalue weighted by molar-refractivity contribution is 0.108. The Bertz CT molecular complexity index is 508. The minimum Gasteiger partial charge on any atom is -0.276 e. The van der Waals surface area contributed by atoms with Crippen LogP contribution in [-0.4, -0.2) is 5.24 Å². The van der Waals surface area contributed by atoms with Crippen molar-refractivity contribution in [1.29, 1.82) is 0 Å². The van der Waals surface area contributed by atoms with Gasteiger partial charge in [0, 0.05) is 4.90 Å². The van der Waals surface area contributed by atoms with Gasteiger partial charge in [-0.2, -0.15) is 0 Å². The van der Waals surface area contributed by atoms with Crippen molar-refractivity contribution in [3.63, 3.8) is 0 Å². The average Bonchev–Trinajstić information content (AvgIpc) is 2.17. The first-order valence-corrected chi connectivity index (χ1v) is 4.93. The van der Waals surface area contributed by atoms with Crippen LogP contribution in [0.5, 0.6) is 0 Å². The highest BCUT2D eigenvalue weighted by molar-refractivity contribution is 7.80. The summed E-state index contributed by atoms with van der Waals surface area (Å²) < 4.78 is 0. The smallest absolute Gasteiger partial charge is 0.254 e. The van der Waals surface area contributed by atoms with Crippen molar-refractivity contribution in [3.8, 4) is 0 Å². The molecule has 2 aromatic rings. The molecule has 0 aliphatic carbocycles. The van der Waals surface area contributed by atoms with Crippen LogP contribution in [0.3, 0.4) is 0 Å². The van der Waals surface area contributed by atoms with Crippen molar-refractivity contribution in [1.82, 2.24) is 0 Å². The topological polar surface area (TPSA) is 17.1 Å². The minimum atomic E-state index is -0.466. The molecule has 0 aromatic heterocycles. The van der Waals surface area contributed by atoms with E-state index in [0.29, 0.717) is 10.5 Å². The number of benzene rings is 2. The number of rotatable bonds is 1. The fourth-order valence-corrected chi connectivity index (χ4v) is 2.03. The first-order valence-electron chi connectivity index (χ1n) is 4.10. The Hall–Kier alpha value is -0.990. The molecule has 2 aromatic carbocycles. The maximum absolute atomic E-state index is 11.2. The first kappa shape index (κ1) is 9.56. The van der Waals surface area contributed by atoms with Gasteiger partial charge in [0.25, 0.3) is 5.24 Å². The fraction of sp³-hybridized carbons (Fsp3) is 0. The largest absolute Gasteiger partial charge is 0.276 e. The molecule has 0 aliphatic rings. The SMILES string of the molecule is O=C(Cl)c1c(S)ccc2ccccc12. The summed E-state index contributed by atoms with van der Waals surface area (Å²) in [5.41, 5.74) is 0.480. The van der Waals surface area contributed by atoms with Gasteiger partial charge in [0.05, 0.1) is 5.56 Å². The number of fused-ring (bicyclic) bond motifs is 1. The minimum absolute atomic E-state index is 0.466. The summed E-state index contributed by atoms with van der Waals surface area (Å²) in [4.78, 5) is 11.8. The molecule has 0 bridgehead atoms. The molecule has 0 unspecified atom stereocenters. The standard InChI is InChI=1S/C11H7ClOS/c12-11(13)10-8-4-2-1-3-7(8)5-6-9(10)14/h1-6,14H. The van der Waals surface area contributed by atoms with Crippen LogP contribution in [-0.2, 0) is 0 Å². The Kier molecular flexibility index (Phi) is 2.48. The molecule has 0 fully saturated rings. The molecule has 0 N–H and O–H groups in total. The number of carbonyl (C=O) groups is 1. The Labute approximate surface area is 92.1 Å². The van der Waals surface area contributed by atoms with Crippen molar-refractivity contribution < 1.29 is 4.79 Å². The maximum Gasteiger partial charge on any atom is 0.254 e. The van der Waals surface area contributed by atoms with E-state index < -0.39 is 5.24 Å². The number of hydrogen-bond donors (Lipinski definition) is 1. The van der Waals surface area contributed by atoms with E-state index >= 15 is 0 Å². The molecule has 2 rings (SSSR count). The predicted octanol–water partition coefficient (Wildman–Crippen LogP) is 3.51. The monoisotopic (exact) mass is 222 g/mol. The van der Waals surface area contributed by atoms with Crippen LogP contribution in [0.25, 0.3) is 10.8 Å². The quantitative estimate of drug-likeness (QED) is 0.577. The third-order valence-electron chi connectivity index (χ3n) is 2.10. The summed E-state index contributed by atoms with van der Waals surface area (Å²) >= 11 is 9.71. The maximum atomic E-state index is 11.2. The predicted molar refractivity (Wildman–Crippen MR) is 61.4 cm³/mol. The van der Waals surface area contributed by atoms with Gasteiger partial charge in [-0.1, -0.05) is 30.3 Å². The highest BCUT2D eigenvalue weighted by Crippen LogP contribution is 2.26. The second-order valence-electron chi connectivity index (χ2n) is 2.95. The van der Waals surface area contributed by atoms with Gasteiger partial charge in [0.2, 0.25) is 0 Å². The number of hydrogen-bond acceptors (Lipinski definition) is 2. The zero-order valence-corrected chi connectivity index (χ0v) is 8.85. The van der Waals surface area contributed by atoms with Crippen molar-refractivity contribution in [2.75, 3.05) is 0 Å². The summed E-state index contributed by atoms with van der Waals surface area (Å²) in [6.45, 7) is 0. The van der Waals surface area contributed by atoms with Gasteiger partial charge in [-0.15, -0.1) is 12.6 Å². The Balaban J connectivity index is 2.90. The lowest BCUT2D eigenvalue weighted by Gasteiger charge is -2.04. The summed E-state index contributed by atoms with van der Waals surface area (Å²) in [6.07, 6.45) is 0. The van der Waals surface area contributed by atoms with Gasteiger partial charge >= 0.3 is 0 Å². The van der Waals surface area contributed by atoms with E-state index in [0.717, 1.165) is 10.8 Å². The molecule has 0 saturated heterocycles. The van der Waals surface area contributed by atoms with Crippen molar-refractivity contribution in [2.45, 2.75) is 4.90 Å². The van der Waals surface area contributed by atoms with Crippen molar-refractivity contribution in [3.05, 3.63) is 42.0 Å². The molecule has 1 nitrogen and oxygen atoms in total. The van der Waals surface area contributed by atoms with Gasteiger partial charge in [-0.25, -0.2) is 0 Å². The van der Waals surface area contributed by atoms with Crippen LogP contribution in [0.4, 0.5) is 0 Å². The summed E-state index contributed by atoms with van der Waals surface area (Å²) in [7, 11) is 0. The highest BCUT2D eigenvalue weighted by atomic mass is 35.5. The summed E-state index contributed by atoms with van der Waals surface area (Å²) in [5.74, 6) is 0. The summed E-state index contributed by atoms with van der Waals surface area (Å²) in [5, 5.41) is 1.38. The molecular weight excluding hydrogens is 216 g/mol. The van der Waals surface area contributed by atoms with Crippen LogP contribution >= 0.6 is 24.2 Å². The lowest BCUT2D eigenvalue weighted by Crippen LogP contribution is -1.92. The second kappa shape index (κ2) is 3.64. The van der Waals surface area contributed by atoms with E-state index in [2.05, 4.69) is 12.6 Å². The van der Waals surface area contributed by atoms with E-state index in [1.807, 2.05) is 30.3 Å². The zero-order chi connectivity index (χ0) is 10.1. The van der Waals surface area contributed by atoms with Crippen LogP contribution < -0.4 is 0 Å². The van der Waals surface area contributed by atoms with Gasteiger partial charge in [-0.3, -0.25) is 4.79 Å². The molecule has 0 radical (unpaired) electrons. The van der Waals surface area contributed by atoms with E-state index in [9.17, 15) is 4.79 Å². The van der Waals surface area contributed by atoms with Crippen molar-refractivity contribution in [2.24, 2.45) is 0 Å². The molecule has 0 spiro atoms. The molecular formula is C11H7ClOS. The fourth-order valence-electron chi connectivity index (χ4n) is 1.47. The normalized spacial score (nSPS) is 10.4. The highest BCUT2D eigenvalue weighted by Gasteiger charge is 2.10. The molecule has 0 atom stereocenters. The molecule has 3 heteroatoms. The molecule has 0 saturated carbocycles. The number of carbonyl (C=O) groups excluding carboxylic acids is 1. The van der Waals surface area contributed by atoms with E-state index in [1.54, 1.807) is 6.07 Å². The first-order chi connectivity index (χ1) is 6.70. The molecule has 0 heterocycles. The molecule has 0 amide bonds. The molecule has 14 heavy (non-hydrogen) atoms. The van der Waals surface area contributed by atoms with Crippen LogP contribution in [0.2, 0.25) is 0 Å². The van der Waals surface area contributed by atoms with Gasteiger partial charge < -0.3 is 0 Å². The molecule has 0 aliphatic heterocycles. The van der Waals surface area contributed by atoms with E-state index in [4.69, 9.17) is 11.6 Å². The number of halogens is 1. The van der Waals surface area contributed by atoms with Gasteiger partial charge in [0.1, 0.15) is 0 Å². The molecule has 70 valence electrons. The zero-order valence-electron chi connectivity index (χ0n) is 7.20. The summed E-state index contributed by atoms with van der Waals surface area (Å²) in [6, 6.07) is 11.3. The Morgan fingerprint density at radius 1 is 1.14 bits per heavy atom. The van der Waals surface area contributed by atoms with Gasteiger partial charge in [0.15, 0.2) is 0 Å². The second-order valence-corrected chi connectivity index (χ2v) is 3.78. The van der Waals surface area contributed by atoms with Crippen LogP contribution in [0.1, 0.15) is 10.4 Å². The van der Waals surface area contributed by atoms with Crippen molar-refractivity contribution >= 4 is 40.2 Å². The van der Waals surface area contributed by atoms with E-state index in [1.165, 1.54) is 0 Å². The average molecular weight is 223 g/mol. The number of thiol groups is 1.